The maximum atomic E-state index is 4.93. The predicted octanol–water partition coefficient (Wildman–Crippen LogP) is 14.2. The van der Waals surface area contributed by atoms with E-state index < -0.39 is 20.8 Å². The minimum absolute atomic E-state index is 0.826. The van der Waals surface area contributed by atoms with E-state index in [0.29, 0.717) is 0 Å². The third-order valence-corrected chi connectivity index (χ3v) is 7.95. The number of hydrogen-bond donors (Lipinski definition) is 0. The molecule has 48 heavy (non-hydrogen) atoms. The van der Waals surface area contributed by atoms with E-state index in [0.717, 1.165) is 6.04 Å². The van der Waals surface area contributed by atoms with Gasteiger partial charge in [0.15, 0.2) is 0 Å². The van der Waals surface area contributed by atoms with E-state index in [2.05, 4.69) is 177 Å². The van der Waals surface area contributed by atoms with Crippen molar-refractivity contribution in [2.75, 3.05) is 0 Å². The van der Waals surface area contributed by atoms with Crippen molar-refractivity contribution in [3.05, 3.63) is 164 Å². The van der Waals surface area contributed by atoms with Crippen LogP contribution in [0.4, 0.5) is 0 Å². The van der Waals surface area contributed by atoms with Crippen LogP contribution >= 0.6 is 17.0 Å². The summed E-state index contributed by atoms with van der Waals surface area (Å²) in [5.41, 5.74) is 7.94. The van der Waals surface area contributed by atoms with E-state index in [1.807, 2.05) is 6.92 Å². The molecule has 4 heteroatoms. The molecule has 0 aliphatic heterocycles. The molecular weight excluding hydrogens is 719 g/mol. The van der Waals surface area contributed by atoms with Gasteiger partial charge in [-0.05, 0) is 32.7 Å². The summed E-state index contributed by atoms with van der Waals surface area (Å²) in [7, 11) is 13.1. The first-order valence-electron chi connectivity index (χ1n) is 16.1. The number of benzene rings is 6. The molecule has 0 fully saturated rings. The Balaban J connectivity index is 0.000000179. The van der Waals surface area contributed by atoms with Gasteiger partial charge >= 0.3 is 37.9 Å². The van der Waals surface area contributed by atoms with Crippen molar-refractivity contribution in [1.82, 2.24) is 0 Å². The van der Waals surface area contributed by atoms with Crippen molar-refractivity contribution in [1.29, 1.82) is 0 Å². The molecule has 0 atom stereocenters. The van der Waals surface area contributed by atoms with E-state index in [1.54, 1.807) is 6.92 Å². The molecule has 0 amide bonds. The van der Waals surface area contributed by atoms with E-state index in [4.69, 9.17) is 17.0 Å². The molecule has 8 rings (SSSR count). The summed E-state index contributed by atoms with van der Waals surface area (Å²) in [6, 6.07) is 53.5. The Morgan fingerprint density at radius 3 is 1.19 bits per heavy atom. The molecule has 0 saturated carbocycles. The van der Waals surface area contributed by atoms with Crippen LogP contribution in [0.5, 0.6) is 0 Å². The molecule has 0 nitrogen and oxygen atoms in total. The first kappa shape index (κ1) is 37.6. The fraction of sp³-hybridized carbons (Fsp3) is 0.114. The number of hydrogen-bond acceptors (Lipinski definition) is 0. The zero-order valence-corrected chi connectivity index (χ0v) is 33.0. The third kappa shape index (κ3) is 9.04. The summed E-state index contributed by atoms with van der Waals surface area (Å²) in [4.78, 5) is 0. The number of halogens is 2. The van der Waals surface area contributed by atoms with Gasteiger partial charge in [0, 0.05) is 10.2 Å². The van der Waals surface area contributed by atoms with Crippen molar-refractivity contribution < 1.29 is 20.8 Å². The standard InChI is InChI=1S/2C20H15.C2H5Si.C2H5.2ClH.Zr/c2*1-14-12-16-8-5-11-19(20(16)13-14)18-10-4-7-15-6-2-3-9-17(15)18;1-2-3;1-2;;;/h2*2-13H,1H3;2H2,1H3;1H2,2H3;2*1H;/q2*-1;;-1;;;+2/p-2. The Kier molecular flexibility index (Phi) is 14.9. The normalized spacial score (nSPS) is 10.2. The van der Waals surface area contributed by atoms with Gasteiger partial charge in [-0.25, -0.2) is 0 Å². The van der Waals surface area contributed by atoms with Crippen LogP contribution in [0.3, 0.4) is 0 Å². The fourth-order valence-electron chi connectivity index (χ4n) is 6.16. The summed E-state index contributed by atoms with van der Waals surface area (Å²) in [5.74, 6) is 0. The molecule has 0 bridgehead atoms. The number of fused-ring (bicyclic) bond motifs is 4. The van der Waals surface area contributed by atoms with Crippen molar-refractivity contribution in [2.24, 2.45) is 0 Å². The van der Waals surface area contributed by atoms with Crippen molar-refractivity contribution in [3.8, 4) is 22.3 Å². The van der Waals surface area contributed by atoms with Crippen LogP contribution in [0.2, 0.25) is 6.04 Å². The van der Waals surface area contributed by atoms with E-state index in [9.17, 15) is 0 Å². The first-order chi connectivity index (χ1) is 23.5. The predicted molar refractivity (Wildman–Crippen MR) is 213 cm³/mol. The first-order valence-corrected chi connectivity index (χ1v) is 23.1. The zero-order valence-electron chi connectivity index (χ0n) is 28.0. The van der Waals surface area contributed by atoms with Crippen LogP contribution in [0.1, 0.15) is 25.0 Å². The molecule has 0 unspecified atom stereocenters. The Morgan fingerprint density at radius 2 is 0.812 bits per heavy atom. The molecular formula is C44H40Cl2SiZr-3. The molecule has 0 spiro atoms. The molecule has 0 N–H and O–H groups in total. The molecule has 0 aliphatic carbocycles. The molecule has 0 aromatic heterocycles. The summed E-state index contributed by atoms with van der Waals surface area (Å²) < 4.78 is 0. The Bertz CT molecular complexity index is 2020. The van der Waals surface area contributed by atoms with Gasteiger partial charge in [-0.2, -0.15) is 19.1 Å². The van der Waals surface area contributed by atoms with Gasteiger partial charge in [-0.3, -0.25) is 0 Å². The maximum absolute atomic E-state index is 4.93. The average Bonchev–Trinajstić information content (AvgIpc) is 3.70. The van der Waals surface area contributed by atoms with Crippen LogP contribution in [0, 0.1) is 20.8 Å². The second kappa shape index (κ2) is 19.1. The van der Waals surface area contributed by atoms with Crippen LogP contribution in [-0.2, 0) is 20.8 Å². The second-order valence-corrected chi connectivity index (χ2v) is 15.6. The average molecular weight is 759 g/mol. The van der Waals surface area contributed by atoms with Gasteiger partial charge in [0.2, 0.25) is 0 Å². The molecule has 241 valence electrons. The van der Waals surface area contributed by atoms with Crippen molar-refractivity contribution in [2.45, 2.75) is 33.7 Å². The molecule has 8 aromatic rings. The monoisotopic (exact) mass is 756 g/mol. The Labute approximate surface area is 308 Å². The minimum atomic E-state index is -0.826. The van der Waals surface area contributed by atoms with Gasteiger partial charge in [-0.15, -0.1) is 69.1 Å². The Morgan fingerprint density at radius 1 is 0.521 bits per heavy atom. The fourth-order valence-corrected chi connectivity index (χ4v) is 6.16. The van der Waals surface area contributed by atoms with Crippen molar-refractivity contribution in [3.63, 3.8) is 0 Å². The topological polar surface area (TPSA) is 0 Å². The Hall–Kier alpha value is -3.26. The second-order valence-electron chi connectivity index (χ2n) is 11.2. The summed E-state index contributed by atoms with van der Waals surface area (Å²) >= 11 is -0.826. The summed E-state index contributed by atoms with van der Waals surface area (Å²) in [5, 5.41) is 10.6. The molecule has 0 aliphatic rings. The summed E-state index contributed by atoms with van der Waals surface area (Å²) in [6.45, 7) is 11.4. The summed E-state index contributed by atoms with van der Waals surface area (Å²) in [6.07, 6.45) is 0. The SMILES string of the molecule is CC[Si].Cc1cc2c(-c3cccc4ccccc34)cccc2[cH-]1.Cc1cc2c(-c3cccc4ccccc34)cccc2[cH-]1.[CH2-]C.[Cl][Zr][Cl]. The van der Waals surface area contributed by atoms with Crippen LogP contribution in [-0.4, -0.2) is 10.2 Å². The zero-order chi connectivity index (χ0) is 34.5. The van der Waals surface area contributed by atoms with Gasteiger partial charge in [-0.1, -0.05) is 135 Å². The third-order valence-electron chi connectivity index (χ3n) is 7.95. The molecule has 8 aromatic carbocycles. The van der Waals surface area contributed by atoms with Gasteiger partial charge in [0.25, 0.3) is 0 Å². The van der Waals surface area contributed by atoms with Crippen LogP contribution in [0.25, 0.3) is 65.3 Å². The van der Waals surface area contributed by atoms with Crippen LogP contribution < -0.4 is 0 Å². The van der Waals surface area contributed by atoms with Crippen molar-refractivity contribution >= 4 is 70.4 Å². The van der Waals surface area contributed by atoms with Gasteiger partial charge < -0.3 is 6.92 Å². The van der Waals surface area contributed by atoms with Gasteiger partial charge in [0.1, 0.15) is 0 Å². The number of rotatable bonds is 2. The van der Waals surface area contributed by atoms with E-state index in [-0.39, 0.29) is 0 Å². The van der Waals surface area contributed by atoms with E-state index in [1.165, 1.54) is 76.5 Å². The van der Waals surface area contributed by atoms with Crippen LogP contribution in [0.15, 0.2) is 146 Å². The quantitative estimate of drug-likeness (QED) is 0.122. The van der Waals surface area contributed by atoms with Gasteiger partial charge in [0.05, 0.1) is 0 Å². The molecule has 0 heterocycles. The molecule has 0 saturated heterocycles. The number of aryl methyl sites for hydroxylation is 2. The van der Waals surface area contributed by atoms with E-state index >= 15 is 0 Å². The molecule has 3 radical (unpaired) electrons.